The molecule has 88 valence electrons. The summed E-state index contributed by atoms with van der Waals surface area (Å²) in [4.78, 5) is 15.5. The van der Waals surface area contributed by atoms with Gasteiger partial charge in [-0.15, -0.1) is 11.3 Å². The van der Waals surface area contributed by atoms with Crippen LogP contribution in [0.2, 0.25) is 0 Å². The Hall–Kier alpha value is -0.900. The van der Waals surface area contributed by atoms with E-state index in [2.05, 4.69) is 4.98 Å². The average Bonchev–Trinajstić information content (AvgIpc) is 2.76. The zero-order valence-corrected chi connectivity index (χ0v) is 10.1. The van der Waals surface area contributed by atoms with Crippen LogP contribution in [0, 0.1) is 5.92 Å². The van der Waals surface area contributed by atoms with Crippen molar-refractivity contribution in [3.05, 3.63) is 16.1 Å². The second-order valence-electron chi connectivity index (χ2n) is 4.48. The normalized spacial score (nSPS) is 17.5. The van der Waals surface area contributed by atoms with E-state index < -0.39 is 5.97 Å². The van der Waals surface area contributed by atoms with Gasteiger partial charge in [-0.25, -0.2) is 9.78 Å². The standard InChI is InChI=1S/C12H17NO2S/c14-12(15)11-10(13-8-16-11)7-6-9-4-2-1-3-5-9/h8-9H,1-7H2,(H,14,15). The number of aromatic nitrogens is 1. The van der Waals surface area contributed by atoms with Gasteiger partial charge >= 0.3 is 5.97 Å². The fourth-order valence-electron chi connectivity index (χ4n) is 2.44. The molecule has 0 aliphatic heterocycles. The number of nitrogens with zero attached hydrogens (tertiary/aromatic N) is 1. The molecule has 0 aromatic carbocycles. The van der Waals surface area contributed by atoms with Gasteiger partial charge in [0.1, 0.15) is 4.88 Å². The fourth-order valence-corrected chi connectivity index (χ4v) is 3.11. The molecule has 1 fully saturated rings. The molecule has 3 nitrogen and oxygen atoms in total. The number of aromatic carboxylic acids is 1. The molecule has 0 saturated heterocycles. The molecule has 4 heteroatoms. The van der Waals surface area contributed by atoms with Crippen molar-refractivity contribution in [1.82, 2.24) is 4.98 Å². The van der Waals surface area contributed by atoms with E-state index in [1.54, 1.807) is 5.51 Å². The molecular formula is C12H17NO2S. The van der Waals surface area contributed by atoms with Gasteiger partial charge in [-0.3, -0.25) is 0 Å². The van der Waals surface area contributed by atoms with Crippen molar-refractivity contribution in [2.45, 2.75) is 44.9 Å². The number of hydrogen-bond donors (Lipinski definition) is 1. The number of aryl methyl sites for hydroxylation is 1. The minimum atomic E-state index is -0.832. The van der Waals surface area contributed by atoms with Crippen molar-refractivity contribution in [3.63, 3.8) is 0 Å². The molecule has 0 amide bonds. The number of hydrogen-bond acceptors (Lipinski definition) is 3. The van der Waals surface area contributed by atoms with Crippen molar-refractivity contribution < 1.29 is 9.90 Å². The summed E-state index contributed by atoms with van der Waals surface area (Å²) in [6.07, 6.45) is 8.60. The molecule has 1 saturated carbocycles. The Kier molecular flexibility index (Phi) is 3.93. The first-order chi connectivity index (χ1) is 7.77. The molecule has 16 heavy (non-hydrogen) atoms. The Morgan fingerprint density at radius 3 is 2.88 bits per heavy atom. The summed E-state index contributed by atoms with van der Waals surface area (Å²) in [6.45, 7) is 0. The second-order valence-corrected chi connectivity index (χ2v) is 5.33. The van der Waals surface area contributed by atoms with Crippen LogP contribution in [0.1, 0.15) is 53.9 Å². The molecular weight excluding hydrogens is 222 g/mol. The zero-order valence-electron chi connectivity index (χ0n) is 9.32. The maximum absolute atomic E-state index is 10.9. The summed E-state index contributed by atoms with van der Waals surface area (Å²) >= 11 is 1.23. The molecule has 0 atom stereocenters. The predicted molar refractivity (Wildman–Crippen MR) is 64.0 cm³/mol. The van der Waals surface area contributed by atoms with Gasteiger partial charge in [0.25, 0.3) is 0 Å². The quantitative estimate of drug-likeness (QED) is 0.876. The third-order valence-corrected chi connectivity index (χ3v) is 4.21. The summed E-state index contributed by atoms with van der Waals surface area (Å²) < 4.78 is 0. The van der Waals surface area contributed by atoms with Crippen LogP contribution in [-0.2, 0) is 6.42 Å². The van der Waals surface area contributed by atoms with Gasteiger partial charge < -0.3 is 5.11 Å². The SMILES string of the molecule is O=C(O)c1scnc1CCC1CCCCC1. The number of carboxylic acid groups (broad SMARTS) is 1. The lowest BCUT2D eigenvalue weighted by Crippen LogP contribution is -2.08. The van der Waals surface area contributed by atoms with Crippen molar-refractivity contribution in [2.75, 3.05) is 0 Å². The molecule has 0 bridgehead atoms. The number of carboxylic acids is 1. The van der Waals surface area contributed by atoms with Gasteiger partial charge in [-0.1, -0.05) is 32.1 Å². The van der Waals surface area contributed by atoms with Crippen LogP contribution in [-0.4, -0.2) is 16.1 Å². The minimum absolute atomic E-state index is 0.427. The van der Waals surface area contributed by atoms with Crippen LogP contribution in [0.5, 0.6) is 0 Å². The Morgan fingerprint density at radius 2 is 2.19 bits per heavy atom. The maximum atomic E-state index is 10.9. The van der Waals surface area contributed by atoms with E-state index in [9.17, 15) is 4.79 Å². The highest BCUT2D eigenvalue weighted by atomic mass is 32.1. The maximum Gasteiger partial charge on any atom is 0.347 e. The second kappa shape index (κ2) is 5.43. The summed E-state index contributed by atoms with van der Waals surface area (Å²) in [6, 6.07) is 0. The molecule has 1 aliphatic carbocycles. The first-order valence-electron chi connectivity index (χ1n) is 5.93. The summed E-state index contributed by atoms with van der Waals surface area (Å²) in [7, 11) is 0. The molecule has 0 radical (unpaired) electrons. The molecule has 1 aromatic rings. The van der Waals surface area contributed by atoms with Crippen LogP contribution in [0.15, 0.2) is 5.51 Å². The van der Waals surface area contributed by atoms with Crippen LogP contribution >= 0.6 is 11.3 Å². The van der Waals surface area contributed by atoms with Crippen molar-refractivity contribution >= 4 is 17.3 Å². The first-order valence-corrected chi connectivity index (χ1v) is 6.81. The van der Waals surface area contributed by atoms with Gasteiger partial charge in [0.05, 0.1) is 11.2 Å². The van der Waals surface area contributed by atoms with Gasteiger partial charge in [-0.05, 0) is 18.8 Å². The van der Waals surface area contributed by atoms with E-state index in [1.165, 1.54) is 43.4 Å². The molecule has 0 unspecified atom stereocenters. The first kappa shape index (κ1) is 11.6. The average molecular weight is 239 g/mol. The highest BCUT2D eigenvalue weighted by Crippen LogP contribution is 2.28. The van der Waals surface area contributed by atoms with Gasteiger partial charge in [-0.2, -0.15) is 0 Å². The lowest BCUT2D eigenvalue weighted by Gasteiger charge is -2.20. The summed E-state index contributed by atoms with van der Waals surface area (Å²) in [5, 5.41) is 8.96. The van der Waals surface area contributed by atoms with Crippen LogP contribution in [0.4, 0.5) is 0 Å². The van der Waals surface area contributed by atoms with E-state index in [1.807, 2.05) is 0 Å². The number of thiazole rings is 1. The monoisotopic (exact) mass is 239 g/mol. The third kappa shape index (κ3) is 2.82. The van der Waals surface area contributed by atoms with E-state index in [4.69, 9.17) is 5.11 Å². The molecule has 1 heterocycles. The van der Waals surface area contributed by atoms with Crippen LogP contribution in [0.3, 0.4) is 0 Å². The lowest BCUT2D eigenvalue weighted by atomic mass is 9.86. The highest BCUT2D eigenvalue weighted by molar-refractivity contribution is 7.11. The molecule has 1 aliphatic rings. The predicted octanol–water partition coefficient (Wildman–Crippen LogP) is 3.35. The third-order valence-electron chi connectivity index (χ3n) is 3.35. The van der Waals surface area contributed by atoms with E-state index in [-0.39, 0.29) is 0 Å². The van der Waals surface area contributed by atoms with Crippen LogP contribution < -0.4 is 0 Å². The smallest absolute Gasteiger partial charge is 0.347 e. The lowest BCUT2D eigenvalue weighted by molar-refractivity contribution is 0.0700. The van der Waals surface area contributed by atoms with Crippen molar-refractivity contribution in [3.8, 4) is 0 Å². The molecule has 1 N–H and O–H groups in total. The molecule has 0 spiro atoms. The number of carbonyl (C=O) groups is 1. The van der Waals surface area contributed by atoms with E-state index >= 15 is 0 Å². The van der Waals surface area contributed by atoms with Crippen molar-refractivity contribution in [2.24, 2.45) is 5.92 Å². The van der Waals surface area contributed by atoms with Gasteiger partial charge in [0, 0.05) is 0 Å². The van der Waals surface area contributed by atoms with Gasteiger partial charge in [0.15, 0.2) is 0 Å². The zero-order chi connectivity index (χ0) is 11.4. The van der Waals surface area contributed by atoms with Crippen molar-refractivity contribution in [1.29, 1.82) is 0 Å². The Labute approximate surface area is 99.5 Å². The van der Waals surface area contributed by atoms with E-state index in [0.717, 1.165) is 24.5 Å². The topological polar surface area (TPSA) is 50.2 Å². The largest absolute Gasteiger partial charge is 0.477 e. The number of rotatable bonds is 4. The summed E-state index contributed by atoms with van der Waals surface area (Å²) in [5.74, 6) is -0.0433. The van der Waals surface area contributed by atoms with E-state index in [0.29, 0.717) is 4.88 Å². The Bertz CT molecular complexity index is 356. The van der Waals surface area contributed by atoms with Gasteiger partial charge in [0.2, 0.25) is 0 Å². The Morgan fingerprint density at radius 1 is 1.44 bits per heavy atom. The minimum Gasteiger partial charge on any atom is -0.477 e. The molecule has 2 rings (SSSR count). The summed E-state index contributed by atoms with van der Waals surface area (Å²) in [5.41, 5.74) is 2.42. The highest BCUT2D eigenvalue weighted by Gasteiger charge is 2.17. The molecule has 1 aromatic heterocycles. The fraction of sp³-hybridized carbons (Fsp3) is 0.667. The Balaban J connectivity index is 1.88. The van der Waals surface area contributed by atoms with Crippen LogP contribution in [0.25, 0.3) is 0 Å².